The lowest BCUT2D eigenvalue weighted by molar-refractivity contribution is -0.161. The monoisotopic (exact) mass is 244 g/mol. The average Bonchev–Trinajstić information content (AvgIpc) is 2.49. The fourth-order valence-electron chi connectivity index (χ4n) is 2.78. The zero-order valence-electron chi connectivity index (χ0n) is 10.7. The maximum atomic E-state index is 10.9. The highest BCUT2D eigenvalue weighted by molar-refractivity contribution is 5.67. The van der Waals surface area contributed by atoms with Crippen LogP contribution in [0, 0.1) is 5.92 Å². The highest BCUT2D eigenvalue weighted by atomic mass is 16.8. The molecule has 17 heavy (non-hydrogen) atoms. The summed E-state index contributed by atoms with van der Waals surface area (Å²) in [6.45, 7) is 7.53. The molecule has 0 bridgehead atoms. The van der Waals surface area contributed by atoms with Crippen LogP contribution in [0.5, 0.6) is 0 Å². The summed E-state index contributed by atoms with van der Waals surface area (Å²) in [7, 11) is 0. The van der Waals surface area contributed by atoms with Gasteiger partial charge in [0, 0.05) is 5.92 Å². The molecule has 2 saturated heterocycles. The summed E-state index contributed by atoms with van der Waals surface area (Å²) in [5, 5.41) is 8.95. The largest absolute Gasteiger partial charge is 0.481 e. The van der Waals surface area contributed by atoms with Crippen LogP contribution in [0.2, 0.25) is 0 Å². The number of ether oxygens (including phenoxy) is 3. The van der Waals surface area contributed by atoms with Gasteiger partial charge in [0.2, 0.25) is 0 Å². The SMILES string of the molecule is C[C@@H]1O[C@@H](C)[C@@H]2OC(C)(C)O[C@@H]2[C@H]1CC(=O)O. The summed E-state index contributed by atoms with van der Waals surface area (Å²) in [5.41, 5.74) is 0. The Morgan fingerprint density at radius 1 is 1.18 bits per heavy atom. The van der Waals surface area contributed by atoms with Crippen molar-refractivity contribution in [1.82, 2.24) is 0 Å². The van der Waals surface area contributed by atoms with Crippen LogP contribution in [0.15, 0.2) is 0 Å². The highest BCUT2D eigenvalue weighted by Crippen LogP contribution is 2.41. The molecule has 0 aliphatic carbocycles. The fraction of sp³-hybridized carbons (Fsp3) is 0.917. The zero-order chi connectivity index (χ0) is 12.8. The van der Waals surface area contributed by atoms with Crippen LogP contribution in [0.25, 0.3) is 0 Å². The van der Waals surface area contributed by atoms with Crippen LogP contribution in [-0.2, 0) is 19.0 Å². The van der Waals surface area contributed by atoms with E-state index >= 15 is 0 Å². The summed E-state index contributed by atoms with van der Waals surface area (Å²) in [4.78, 5) is 10.9. The molecule has 2 rings (SSSR count). The van der Waals surface area contributed by atoms with Gasteiger partial charge in [-0.15, -0.1) is 0 Å². The van der Waals surface area contributed by atoms with Gasteiger partial charge in [0.15, 0.2) is 5.79 Å². The second kappa shape index (κ2) is 4.23. The van der Waals surface area contributed by atoms with Crippen LogP contribution < -0.4 is 0 Å². The Balaban J connectivity index is 2.19. The molecule has 0 saturated carbocycles. The molecular formula is C12H20O5. The fourth-order valence-corrected chi connectivity index (χ4v) is 2.78. The Morgan fingerprint density at radius 3 is 2.35 bits per heavy atom. The molecule has 1 N–H and O–H groups in total. The van der Waals surface area contributed by atoms with Crippen molar-refractivity contribution in [2.75, 3.05) is 0 Å². The molecular weight excluding hydrogens is 224 g/mol. The summed E-state index contributed by atoms with van der Waals surface area (Å²) >= 11 is 0. The molecule has 2 fully saturated rings. The minimum atomic E-state index is -0.827. The Kier molecular flexibility index (Phi) is 3.18. The van der Waals surface area contributed by atoms with Crippen molar-refractivity contribution in [3.05, 3.63) is 0 Å². The maximum absolute atomic E-state index is 10.9. The van der Waals surface area contributed by atoms with Crippen molar-refractivity contribution in [3.8, 4) is 0 Å². The van der Waals surface area contributed by atoms with Gasteiger partial charge in [0.25, 0.3) is 0 Å². The first-order valence-electron chi connectivity index (χ1n) is 6.03. The molecule has 0 aromatic rings. The topological polar surface area (TPSA) is 65.0 Å². The zero-order valence-corrected chi connectivity index (χ0v) is 10.7. The van der Waals surface area contributed by atoms with Crippen LogP contribution in [0.1, 0.15) is 34.1 Å². The van der Waals surface area contributed by atoms with E-state index in [2.05, 4.69) is 0 Å². The second-order valence-electron chi connectivity index (χ2n) is 5.37. The van der Waals surface area contributed by atoms with E-state index in [1.807, 2.05) is 27.7 Å². The molecule has 0 aromatic carbocycles. The summed E-state index contributed by atoms with van der Waals surface area (Å²) in [6.07, 6.45) is -0.513. The normalized spacial score (nSPS) is 44.4. The molecule has 0 aromatic heterocycles. The minimum absolute atomic E-state index is 0.0501. The lowest BCUT2D eigenvalue weighted by Gasteiger charge is -2.39. The smallest absolute Gasteiger partial charge is 0.303 e. The minimum Gasteiger partial charge on any atom is -0.481 e. The van der Waals surface area contributed by atoms with Crippen molar-refractivity contribution in [1.29, 1.82) is 0 Å². The lowest BCUT2D eigenvalue weighted by atomic mass is 9.85. The lowest BCUT2D eigenvalue weighted by Crippen LogP contribution is -2.51. The molecule has 98 valence electrons. The van der Waals surface area contributed by atoms with Crippen LogP contribution in [0.3, 0.4) is 0 Å². The third-order valence-corrected chi connectivity index (χ3v) is 3.49. The number of fused-ring (bicyclic) bond motifs is 1. The molecule has 5 nitrogen and oxygen atoms in total. The third-order valence-electron chi connectivity index (χ3n) is 3.49. The standard InChI is InChI=1S/C12H20O5/c1-6-8(5-9(13)14)11-10(7(2)15-6)16-12(3,4)17-11/h6-8,10-11H,5H2,1-4H3,(H,13,14)/t6-,7-,8-,10-,11+/m0/s1. The van der Waals surface area contributed by atoms with E-state index in [1.54, 1.807) is 0 Å². The van der Waals surface area contributed by atoms with E-state index in [4.69, 9.17) is 19.3 Å². The summed E-state index contributed by atoms with van der Waals surface area (Å²) in [6, 6.07) is 0. The number of aliphatic carboxylic acids is 1. The molecule has 2 aliphatic heterocycles. The third kappa shape index (κ3) is 2.46. The van der Waals surface area contributed by atoms with Crippen LogP contribution in [-0.4, -0.2) is 41.3 Å². The van der Waals surface area contributed by atoms with E-state index in [-0.39, 0.29) is 36.8 Å². The Labute approximate surface area is 101 Å². The van der Waals surface area contributed by atoms with E-state index < -0.39 is 11.8 Å². The summed E-state index contributed by atoms with van der Waals surface area (Å²) < 4.78 is 17.4. The van der Waals surface area contributed by atoms with Crippen molar-refractivity contribution in [3.63, 3.8) is 0 Å². The van der Waals surface area contributed by atoms with Crippen LogP contribution in [0.4, 0.5) is 0 Å². The number of rotatable bonds is 2. The van der Waals surface area contributed by atoms with Crippen molar-refractivity contribution in [2.24, 2.45) is 5.92 Å². The highest BCUT2D eigenvalue weighted by Gasteiger charge is 2.53. The van der Waals surface area contributed by atoms with Crippen molar-refractivity contribution < 1.29 is 24.1 Å². The predicted molar refractivity (Wildman–Crippen MR) is 59.6 cm³/mol. The number of hydrogen-bond acceptors (Lipinski definition) is 4. The molecule has 0 unspecified atom stereocenters. The molecule has 0 radical (unpaired) electrons. The number of carboxylic acid groups (broad SMARTS) is 1. The first-order valence-corrected chi connectivity index (χ1v) is 6.03. The van der Waals surface area contributed by atoms with Gasteiger partial charge in [-0.1, -0.05) is 0 Å². The molecule has 2 aliphatic rings. The van der Waals surface area contributed by atoms with Gasteiger partial charge < -0.3 is 19.3 Å². The van der Waals surface area contributed by atoms with E-state index in [1.165, 1.54) is 0 Å². The Hall–Kier alpha value is -0.650. The predicted octanol–water partition coefficient (Wildman–Crippen LogP) is 1.40. The Morgan fingerprint density at radius 2 is 1.76 bits per heavy atom. The number of carbonyl (C=O) groups is 1. The molecule has 0 spiro atoms. The molecule has 2 heterocycles. The van der Waals surface area contributed by atoms with E-state index in [9.17, 15) is 4.79 Å². The molecule has 5 heteroatoms. The maximum Gasteiger partial charge on any atom is 0.303 e. The van der Waals surface area contributed by atoms with Gasteiger partial charge in [-0.2, -0.15) is 0 Å². The quantitative estimate of drug-likeness (QED) is 0.795. The number of hydrogen-bond donors (Lipinski definition) is 1. The van der Waals surface area contributed by atoms with E-state index in [0.29, 0.717) is 0 Å². The van der Waals surface area contributed by atoms with Crippen molar-refractivity contribution in [2.45, 2.75) is 64.3 Å². The Bertz CT molecular complexity index is 314. The van der Waals surface area contributed by atoms with Gasteiger partial charge in [-0.3, -0.25) is 4.79 Å². The van der Waals surface area contributed by atoms with Crippen LogP contribution >= 0.6 is 0 Å². The van der Waals surface area contributed by atoms with Gasteiger partial charge in [0.05, 0.1) is 24.7 Å². The second-order valence-corrected chi connectivity index (χ2v) is 5.37. The van der Waals surface area contributed by atoms with Gasteiger partial charge >= 0.3 is 5.97 Å². The molecule has 5 atom stereocenters. The van der Waals surface area contributed by atoms with Gasteiger partial charge in [-0.25, -0.2) is 0 Å². The first kappa shape index (κ1) is 12.8. The van der Waals surface area contributed by atoms with Gasteiger partial charge in [-0.05, 0) is 27.7 Å². The first-order chi connectivity index (χ1) is 7.80. The van der Waals surface area contributed by atoms with E-state index in [0.717, 1.165) is 0 Å². The molecule has 0 amide bonds. The number of carboxylic acids is 1. The summed E-state index contributed by atoms with van der Waals surface area (Å²) in [5.74, 6) is -1.64. The average molecular weight is 244 g/mol. The van der Waals surface area contributed by atoms with Crippen molar-refractivity contribution >= 4 is 5.97 Å². The van der Waals surface area contributed by atoms with Gasteiger partial charge in [0.1, 0.15) is 6.10 Å².